The van der Waals surface area contributed by atoms with Crippen LogP contribution in [0.15, 0.2) is 29.3 Å². The van der Waals surface area contributed by atoms with Crippen molar-refractivity contribution >= 4 is 23.2 Å². The van der Waals surface area contributed by atoms with Crippen LogP contribution in [0.25, 0.3) is 0 Å². The van der Waals surface area contributed by atoms with E-state index in [-0.39, 0.29) is 11.6 Å². The molecule has 1 saturated heterocycles. The Morgan fingerprint density at radius 3 is 2.50 bits per heavy atom. The lowest BCUT2D eigenvalue weighted by molar-refractivity contribution is -0.384. The first-order chi connectivity index (χ1) is 12.5. The first-order valence-electron chi connectivity index (χ1n) is 8.79. The molecule has 1 fully saturated rings. The minimum absolute atomic E-state index is 0.0590. The molecule has 0 aromatic heterocycles. The Balaban J connectivity index is 1.90. The zero-order valence-corrected chi connectivity index (χ0v) is 15.3. The molecule has 1 aliphatic heterocycles. The standard InChI is InChI=1S/C17H26N6O3/c1-3-18-17(22-12-10-21(11-13-22)14(2)24)20-9-8-19-15-6-4-5-7-16(15)23(25)26/h4-7,19H,3,8-13H2,1-2H3,(H,18,20). The van der Waals surface area contributed by atoms with Gasteiger partial charge < -0.3 is 20.4 Å². The number of hydrogen-bond donors (Lipinski definition) is 2. The van der Waals surface area contributed by atoms with E-state index < -0.39 is 4.92 Å². The number of rotatable bonds is 6. The summed E-state index contributed by atoms with van der Waals surface area (Å²) in [4.78, 5) is 30.6. The van der Waals surface area contributed by atoms with Gasteiger partial charge in [0.25, 0.3) is 5.69 Å². The van der Waals surface area contributed by atoms with Crippen molar-refractivity contribution in [3.8, 4) is 0 Å². The number of hydrogen-bond acceptors (Lipinski definition) is 5. The zero-order chi connectivity index (χ0) is 18.9. The first kappa shape index (κ1) is 19.5. The molecule has 0 saturated carbocycles. The second-order valence-electron chi connectivity index (χ2n) is 5.93. The van der Waals surface area contributed by atoms with E-state index in [0.717, 1.165) is 25.6 Å². The summed E-state index contributed by atoms with van der Waals surface area (Å²) in [6.07, 6.45) is 0. The Hall–Kier alpha value is -2.84. The van der Waals surface area contributed by atoms with Gasteiger partial charge in [-0.3, -0.25) is 19.9 Å². The summed E-state index contributed by atoms with van der Waals surface area (Å²) in [5.41, 5.74) is 0.552. The van der Waals surface area contributed by atoms with Gasteiger partial charge in [0.2, 0.25) is 5.91 Å². The summed E-state index contributed by atoms with van der Waals surface area (Å²) in [7, 11) is 0. The van der Waals surface area contributed by atoms with Crippen molar-refractivity contribution in [3.63, 3.8) is 0 Å². The molecule has 2 rings (SSSR count). The molecule has 26 heavy (non-hydrogen) atoms. The van der Waals surface area contributed by atoms with E-state index in [4.69, 9.17) is 0 Å². The van der Waals surface area contributed by atoms with Gasteiger partial charge in [-0.05, 0) is 13.0 Å². The van der Waals surface area contributed by atoms with Crippen LogP contribution in [-0.2, 0) is 4.79 Å². The number of carbonyl (C=O) groups excluding carboxylic acids is 1. The first-order valence-corrected chi connectivity index (χ1v) is 8.79. The highest BCUT2D eigenvalue weighted by Gasteiger charge is 2.20. The fourth-order valence-corrected chi connectivity index (χ4v) is 2.79. The molecule has 9 nitrogen and oxygen atoms in total. The molecule has 0 radical (unpaired) electrons. The molecule has 2 N–H and O–H groups in total. The predicted octanol–water partition coefficient (Wildman–Crippen LogP) is 1.14. The molecule has 0 aliphatic carbocycles. The lowest BCUT2D eigenvalue weighted by atomic mass is 10.2. The number of carbonyl (C=O) groups is 1. The van der Waals surface area contributed by atoms with Crippen molar-refractivity contribution in [3.05, 3.63) is 34.4 Å². The van der Waals surface area contributed by atoms with Crippen molar-refractivity contribution in [1.82, 2.24) is 15.1 Å². The topological polar surface area (TPSA) is 103 Å². The molecule has 0 unspecified atom stereocenters. The number of nitrogens with zero attached hydrogens (tertiary/aromatic N) is 4. The highest BCUT2D eigenvalue weighted by Crippen LogP contribution is 2.22. The SMILES string of the molecule is CCNC(=NCCNc1ccccc1[N+](=O)[O-])N1CCN(C(C)=O)CC1. The Labute approximate surface area is 153 Å². The average Bonchev–Trinajstić information content (AvgIpc) is 2.64. The van der Waals surface area contributed by atoms with Crippen LogP contribution in [0.4, 0.5) is 11.4 Å². The van der Waals surface area contributed by atoms with Gasteiger partial charge in [-0.1, -0.05) is 12.1 Å². The van der Waals surface area contributed by atoms with Gasteiger partial charge >= 0.3 is 0 Å². The Kier molecular flexibility index (Phi) is 7.19. The minimum atomic E-state index is -0.399. The van der Waals surface area contributed by atoms with Gasteiger partial charge in [-0.25, -0.2) is 0 Å². The molecule has 1 heterocycles. The zero-order valence-electron chi connectivity index (χ0n) is 15.3. The number of nitrogens with one attached hydrogen (secondary N) is 2. The lowest BCUT2D eigenvalue weighted by Crippen LogP contribution is -2.53. The minimum Gasteiger partial charge on any atom is -0.378 e. The van der Waals surface area contributed by atoms with Crippen LogP contribution in [0.3, 0.4) is 0 Å². The molecule has 1 aliphatic rings. The van der Waals surface area contributed by atoms with Gasteiger partial charge in [0.1, 0.15) is 5.69 Å². The highest BCUT2D eigenvalue weighted by atomic mass is 16.6. The summed E-state index contributed by atoms with van der Waals surface area (Å²) in [5, 5.41) is 17.4. The maximum absolute atomic E-state index is 11.4. The van der Waals surface area contributed by atoms with Crippen molar-refractivity contribution in [2.75, 3.05) is 51.1 Å². The van der Waals surface area contributed by atoms with Crippen LogP contribution in [0.2, 0.25) is 0 Å². The smallest absolute Gasteiger partial charge is 0.292 e. The number of aliphatic imine (C=N–C) groups is 1. The predicted molar refractivity (Wildman–Crippen MR) is 101 cm³/mol. The molecule has 1 amide bonds. The van der Waals surface area contributed by atoms with Gasteiger partial charge in [-0.2, -0.15) is 0 Å². The van der Waals surface area contributed by atoms with E-state index >= 15 is 0 Å². The summed E-state index contributed by atoms with van der Waals surface area (Å²) >= 11 is 0. The van der Waals surface area contributed by atoms with E-state index in [1.54, 1.807) is 25.1 Å². The third-order valence-electron chi connectivity index (χ3n) is 4.15. The third kappa shape index (κ3) is 5.33. The van der Waals surface area contributed by atoms with E-state index in [1.807, 2.05) is 11.8 Å². The molecule has 142 valence electrons. The highest BCUT2D eigenvalue weighted by molar-refractivity contribution is 5.80. The molecule has 9 heteroatoms. The number of piperazine rings is 1. The van der Waals surface area contributed by atoms with E-state index in [1.165, 1.54) is 6.07 Å². The summed E-state index contributed by atoms with van der Waals surface area (Å²) in [5.74, 6) is 0.903. The summed E-state index contributed by atoms with van der Waals surface area (Å²) < 4.78 is 0. The molecular weight excluding hydrogens is 336 g/mol. The van der Waals surface area contributed by atoms with Crippen LogP contribution in [0.5, 0.6) is 0 Å². The normalized spacial score (nSPS) is 14.9. The monoisotopic (exact) mass is 362 g/mol. The number of guanidine groups is 1. The van der Waals surface area contributed by atoms with Crippen molar-refractivity contribution in [2.24, 2.45) is 4.99 Å². The molecule has 1 aromatic carbocycles. The second kappa shape index (κ2) is 9.59. The van der Waals surface area contributed by atoms with Gasteiger partial charge in [0.05, 0.1) is 11.5 Å². The van der Waals surface area contributed by atoms with Crippen molar-refractivity contribution in [2.45, 2.75) is 13.8 Å². The largest absolute Gasteiger partial charge is 0.378 e. The second-order valence-corrected chi connectivity index (χ2v) is 5.93. The van der Waals surface area contributed by atoms with E-state index in [2.05, 4.69) is 20.5 Å². The maximum Gasteiger partial charge on any atom is 0.292 e. The Morgan fingerprint density at radius 2 is 1.88 bits per heavy atom. The number of amides is 1. The molecule has 0 bridgehead atoms. The molecular formula is C17H26N6O3. The summed E-state index contributed by atoms with van der Waals surface area (Å²) in [6.45, 7) is 8.18. The molecule has 0 spiro atoms. The molecule has 1 aromatic rings. The van der Waals surface area contributed by atoms with Crippen LogP contribution in [-0.4, -0.2) is 72.4 Å². The number of benzene rings is 1. The number of anilines is 1. The van der Waals surface area contributed by atoms with Crippen LogP contribution in [0, 0.1) is 10.1 Å². The van der Waals surface area contributed by atoms with Crippen LogP contribution in [0.1, 0.15) is 13.8 Å². The van der Waals surface area contributed by atoms with Gasteiger partial charge in [0.15, 0.2) is 5.96 Å². The third-order valence-corrected chi connectivity index (χ3v) is 4.15. The van der Waals surface area contributed by atoms with Gasteiger partial charge in [0, 0.05) is 52.3 Å². The van der Waals surface area contributed by atoms with Crippen molar-refractivity contribution in [1.29, 1.82) is 0 Å². The maximum atomic E-state index is 11.4. The molecule has 0 atom stereocenters. The van der Waals surface area contributed by atoms with Gasteiger partial charge in [-0.15, -0.1) is 0 Å². The summed E-state index contributed by atoms with van der Waals surface area (Å²) in [6, 6.07) is 6.57. The van der Waals surface area contributed by atoms with Crippen LogP contribution < -0.4 is 10.6 Å². The van der Waals surface area contributed by atoms with Crippen molar-refractivity contribution < 1.29 is 9.72 Å². The quantitative estimate of drug-likeness (QED) is 0.259. The number of nitro groups is 1. The Bertz CT molecular complexity index is 656. The Morgan fingerprint density at radius 1 is 1.23 bits per heavy atom. The van der Waals surface area contributed by atoms with E-state index in [9.17, 15) is 14.9 Å². The fraction of sp³-hybridized carbons (Fsp3) is 0.529. The lowest BCUT2D eigenvalue weighted by Gasteiger charge is -2.36. The van der Waals surface area contributed by atoms with E-state index in [0.29, 0.717) is 31.9 Å². The van der Waals surface area contributed by atoms with Crippen LogP contribution >= 0.6 is 0 Å². The number of para-hydroxylation sites is 2. The number of nitro benzene ring substituents is 1. The fourth-order valence-electron chi connectivity index (χ4n) is 2.79. The average molecular weight is 362 g/mol.